The molecule has 1 saturated heterocycles. The minimum Gasteiger partial charge on any atom is -0.416 e. The molecule has 128 valence electrons. The Hall–Kier alpha value is -1.93. The summed E-state index contributed by atoms with van der Waals surface area (Å²) in [6.45, 7) is 4.65. The summed E-state index contributed by atoms with van der Waals surface area (Å²) in [5.74, 6) is 0.835. The average molecular weight is 347 g/mol. The lowest BCUT2D eigenvalue weighted by molar-refractivity contribution is -0.119. The molecule has 0 aromatic carbocycles. The smallest absolute Gasteiger partial charge is 0.277 e. The number of nitrogens with zero attached hydrogens (tertiary/aromatic N) is 4. The first-order valence-electron chi connectivity index (χ1n) is 8.02. The van der Waals surface area contributed by atoms with E-state index in [1.54, 1.807) is 6.92 Å². The molecule has 3 rings (SSSR count). The van der Waals surface area contributed by atoms with E-state index in [2.05, 4.69) is 25.4 Å². The van der Waals surface area contributed by atoms with E-state index in [0.29, 0.717) is 16.9 Å². The molecule has 24 heavy (non-hydrogen) atoms. The maximum Gasteiger partial charge on any atom is 0.277 e. The number of carbonyl (C=O) groups excluding carboxylic acids is 1. The van der Waals surface area contributed by atoms with Gasteiger partial charge in [-0.25, -0.2) is 0 Å². The van der Waals surface area contributed by atoms with E-state index in [4.69, 9.17) is 4.42 Å². The van der Waals surface area contributed by atoms with Crippen molar-refractivity contribution >= 4 is 17.7 Å². The molecule has 0 spiro atoms. The van der Waals surface area contributed by atoms with Gasteiger partial charge in [0.1, 0.15) is 0 Å². The van der Waals surface area contributed by atoms with Gasteiger partial charge >= 0.3 is 0 Å². The van der Waals surface area contributed by atoms with Crippen LogP contribution in [0, 0.1) is 6.92 Å². The summed E-state index contributed by atoms with van der Waals surface area (Å²) in [5, 5.41) is 11.1. The summed E-state index contributed by atoms with van der Waals surface area (Å²) < 4.78 is 5.24. The molecule has 1 N–H and O–H groups in total. The van der Waals surface area contributed by atoms with Crippen LogP contribution in [0.1, 0.15) is 24.3 Å². The standard InChI is InChI=1S/C16H21N5O2S/c1-12-19-20-16(23-12)24-11-15(22)18-14-4-8-21(9-5-14)10-13-2-6-17-7-3-13/h2-3,6-7,14H,4-5,8-11H2,1H3,(H,18,22). The number of pyridine rings is 1. The van der Waals surface area contributed by atoms with Crippen molar-refractivity contribution in [3.8, 4) is 0 Å². The van der Waals surface area contributed by atoms with Crippen LogP contribution >= 0.6 is 11.8 Å². The van der Waals surface area contributed by atoms with Crippen molar-refractivity contribution in [3.63, 3.8) is 0 Å². The molecule has 0 bridgehead atoms. The van der Waals surface area contributed by atoms with Gasteiger partial charge in [0.25, 0.3) is 5.22 Å². The van der Waals surface area contributed by atoms with Crippen LogP contribution in [0.4, 0.5) is 0 Å². The normalized spacial score (nSPS) is 16.2. The molecular formula is C16H21N5O2S. The van der Waals surface area contributed by atoms with Crippen molar-refractivity contribution in [2.75, 3.05) is 18.8 Å². The highest BCUT2D eigenvalue weighted by Gasteiger charge is 2.21. The average Bonchev–Trinajstić information content (AvgIpc) is 3.01. The van der Waals surface area contributed by atoms with E-state index in [1.165, 1.54) is 17.3 Å². The van der Waals surface area contributed by atoms with E-state index < -0.39 is 0 Å². The Balaban J connectivity index is 1.36. The van der Waals surface area contributed by atoms with Crippen LogP contribution in [-0.2, 0) is 11.3 Å². The fourth-order valence-electron chi connectivity index (χ4n) is 2.72. The number of hydrogen-bond donors (Lipinski definition) is 1. The lowest BCUT2D eigenvalue weighted by Crippen LogP contribution is -2.44. The second-order valence-electron chi connectivity index (χ2n) is 5.85. The molecular weight excluding hydrogens is 326 g/mol. The number of hydrogen-bond acceptors (Lipinski definition) is 7. The third kappa shape index (κ3) is 5.04. The monoisotopic (exact) mass is 347 g/mol. The van der Waals surface area contributed by atoms with Crippen LogP contribution in [0.25, 0.3) is 0 Å². The molecule has 1 aliphatic rings. The molecule has 8 heteroatoms. The van der Waals surface area contributed by atoms with E-state index >= 15 is 0 Å². The first kappa shape index (κ1) is 16.9. The number of aryl methyl sites for hydroxylation is 1. The van der Waals surface area contributed by atoms with Crippen molar-refractivity contribution in [2.45, 2.75) is 37.6 Å². The lowest BCUT2D eigenvalue weighted by atomic mass is 10.0. The second kappa shape index (κ2) is 8.25. The lowest BCUT2D eigenvalue weighted by Gasteiger charge is -2.32. The molecule has 2 aromatic heterocycles. The van der Waals surface area contributed by atoms with Crippen molar-refractivity contribution in [3.05, 3.63) is 36.0 Å². The Morgan fingerprint density at radius 3 is 2.75 bits per heavy atom. The molecule has 1 amide bonds. The molecule has 2 aromatic rings. The van der Waals surface area contributed by atoms with Crippen molar-refractivity contribution < 1.29 is 9.21 Å². The summed E-state index contributed by atoms with van der Waals surface area (Å²) in [6.07, 6.45) is 5.60. The van der Waals surface area contributed by atoms with Crippen LogP contribution in [0.2, 0.25) is 0 Å². The molecule has 0 saturated carbocycles. The van der Waals surface area contributed by atoms with Gasteiger partial charge in [-0.1, -0.05) is 11.8 Å². The fraction of sp³-hybridized carbons (Fsp3) is 0.500. The molecule has 0 radical (unpaired) electrons. The Morgan fingerprint density at radius 1 is 1.33 bits per heavy atom. The third-order valence-electron chi connectivity index (χ3n) is 3.94. The first-order chi connectivity index (χ1) is 11.7. The summed E-state index contributed by atoms with van der Waals surface area (Å²) in [7, 11) is 0. The quantitative estimate of drug-likeness (QED) is 0.795. The molecule has 7 nitrogen and oxygen atoms in total. The number of aromatic nitrogens is 3. The van der Waals surface area contributed by atoms with Gasteiger partial charge in [-0.05, 0) is 30.5 Å². The van der Waals surface area contributed by atoms with Gasteiger partial charge in [0.2, 0.25) is 11.8 Å². The first-order valence-corrected chi connectivity index (χ1v) is 9.01. The number of rotatable bonds is 6. The molecule has 0 unspecified atom stereocenters. The molecule has 3 heterocycles. The number of piperidine rings is 1. The van der Waals surface area contributed by atoms with Gasteiger partial charge in [-0.15, -0.1) is 10.2 Å². The minimum atomic E-state index is 0.0171. The van der Waals surface area contributed by atoms with Crippen LogP contribution in [-0.4, -0.2) is 50.9 Å². The SMILES string of the molecule is Cc1nnc(SCC(=O)NC2CCN(Cc3ccncc3)CC2)o1. The van der Waals surface area contributed by atoms with E-state index in [1.807, 2.05) is 24.5 Å². The highest BCUT2D eigenvalue weighted by molar-refractivity contribution is 7.99. The molecule has 0 atom stereocenters. The third-order valence-corrected chi connectivity index (χ3v) is 4.76. The number of nitrogens with one attached hydrogen (secondary N) is 1. The zero-order valence-electron chi connectivity index (χ0n) is 13.6. The number of thioether (sulfide) groups is 1. The van der Waals surface area contributed by atoms with Gasteiger partial charge < -0.3 is 9.73 Å². The second-order valence-corrected chi connectivity index (χ2v) is 6.78. The van der Waals surface area contributed by atoms with Gasteiger partial charge in [-0.2, -0.15) is 0 Å². The predicted molar refractivity (Wildman–Crippen MR) is 90.4 cm³/mol. The van der Waals surface area contributed by atoms with E-state index in [0.717, 1.165) is 32.5 Å². The molecule has 0 aliphatic carbocycles. The topological polar surface area (TPSA) is 84.2 Å². The Kier molecular flexibility index (Phi) is 5.81. The maximum absolute atomic E-state index is 12.0. The zero-order valence-corrected chi connectivity index (χ0v) is 14.5. The van der Waals surface area contributed by atoms with Gasteiger partial charge in [0.05, 0.1) is 5.75 Å². The number of amides is 1. The van der Waals surface area contributed by atoms with Gasteiger partial charge in [0, 0.05) is 45.0 Å². The van der Waals surface area contributed by atoms with Crippen molar-refractivity contribution in [1.82, 2.24) is 25.4 Å². The van der Waals surface area contributed by atoms with Crippen molar-refractivity contribution in [1.29, 1.82) is 0 Å². The van der Waals surface area contributed by atoms with Gasteiger partial charge in [-0.3, -0.25) is 14.7 Å². The minimum absolute atomic E-state index is 0.0171. The Morgan fingerprint density at radius 2 is 2.08 bits per heavy atom. The van der Waals surface area contributed by atoms with E-state index in [9.17, 15) is 4.79 Å². The molecule has 1 fully saturated rings. The number of likely N-dealkylation sites (tertiary alicyclic amines) is 1. The Labute approximate surface area is 145 Å². The van der Waals surface area contributed by atoms with E-state index in [-0.39, 0.29) is 11.9 Å². The Bertz CT molecular complexity index is 655. The van der Waals surface area contributed by atoms with Crippen molar-refractivity contribution in [2.24, 2.45) is 0 Å². The van der Waals surface area contributed by atoms with Crippen LogP contribution in [0.3, 0.4) is 0 Å². The summed E-state index contributed by atoms with van der Waals surface area (Å²) in [6, 6.07) is 4.34. The summed E-state index contributed by atoms with van der Waals surface area (Å²) >= 11 is 1.27. The summed E-state index contributed by atoms with van der Waals surface area (Å²) in [4.78, 5) is 18.5. The van der Waals surface area contributed by atoms with Crippen LogP contribution < -0.4 is 5.32 Å². The van der Waals surface area contributed by atoms with Crippen LogP contribution in [0.15, 0.2) is 34.2 Å². The maximum atomic E-state index is 12.0. The molecule has 1 aliphatic heterocycles. The largest absolute Gasteiger partial charge is 0.416 e. The fourth-order valence-corrected chi connectivity index (χ4v) is 3.33. The summed E-state index contributed by atoms with van der Waals surface area (Å²) in [5.41, 5.74) is 1.28. The highest BCUT2D eigenvalue weighted by atomic mass is 32.2. The number of carbonyl (C=O) groups is 1. The highest BCUT2D eigenvalue weighted by Crippen LogP contribution is 2.16. The predicted octanol–water partition coefficient (Wildman–Crippen LogP) is 1.65. The van der Waals surface area contributed by atoms with Gasteiger partial charge in [0.15, 0.2) is 0 Å². The zero-order chi connectivity index (χ0) is 16.8. The van der Waals surface area contributed by atoms with Crippen LogP contribution in [0.5, 0.6) is 0 Å².